The van der Waals surface area contributed by atoms with Crippen LogP contribution in [0.2, 0.25) is 0 Å². The maximum atomic E-state index is 12.5. The summed E-state index contributed by atoms with van der Waals surface area (Å²) in [5.74, 6) is -0.813. The summed E-state index contributed by atoms with van der Waals surface area (Å²) in [5, 5.41) is 2.04. The summed E-state index contributed by atoms with van der Waals surface area (Å²) in [6.45, 7) is 5.77. The molecule has 1 heterocycles. The van der Waals surface area contributed by atoms with Gasteiger partial charge in [-0.15, -0.1) is 0 Å². The van der Waals surface area contributed by atoms with E-state index in [-0.39, 0.29) is 24.2 Å². The molecule has 0 spiro atoms. The molecule has 6 heteroatoms. The monoisotopic (exact) mass is 316 g/mol. The van der Waals surface area contributed by atoms with Crippen LogP contribution in [0.1, 0.15) is 65.8 Å². The summed E-state index contributed by atoms with van der Waals surface area (Å²) in [7, 11) is 0. The SMILES string of the molecule is CC(C)c1ccc2c(c1)C(=O)N(C(C)CCC(=O)NC=O)C2=O. The normalized spacial score (nSPS) is 14.9. The fraction of sp³-hybridized carbons (Fsp3) is 0.412. The zero-order valence-corrected chi connectivity index (χ0v) is 13.5. The van der Waals surface area contributed by atoms with E-state index in [9.17, 15) is 19.2 Å². The fourth-order valence-corrected chi connectivity index (χ4v) is 2.64. The van der Waals surface area contributed by atoms with Crippen LogP contribution in [0, 0.1) is 0 Å². The van der Waals surface area contributed by atoms with Crippen molar-refractivity contribution in [3.8, 4) is 0 Å². The average molecular weight is 316 g/mol. The summed E-state index contributed by atoms with van der Waals surface area (Å²) in [4.78, 5) is 47.7. The van der Waals surface area contributed by atoms with Gasteiger partial charge in [0.15, 0.2) is 0 Å². The number of carbonyl (C=O) groups excluding carboxylic acids is 4. The first-order valence-electron chi connectivity index (χ1n) is 7.61. The molecule has 0 bridgehead atoms. The zero-order chi connectivity index (χ0) is 17.1. The quantitative estimate of drug-likeness (QED) is 0.641. The minimum atomic E-state index is -0.425. The van der Waals surface area contributed by atoms with Crippen LogP contribution >= 0.6 is 0 Å². The van der Waals surface area contributed by atoms with E-state index in [1.54, 1.807) is 19.1 Å². The summed E-state index contributed by atoms with van der Waals surface area (Å²) >= 11 is 0. The highest BCUT2D eigenvalue weighted by Gasteiger charge is 2.38. The van der Waals surface area contributed by atoms with Crippen molar-refractivity contribution >= 4 is 24.1 Å². The molecule has 122 valence electrons. The summed E-state index contributed by atoms with van der Waals surface area (Å²) in [6, 6.07) is 4.91. The van der Waals surface area contributed by atoms with Crippen LogP contribution in [-0.2, 0) is 9.59 Å². The van der Waals surface area contributed by atoms with Crippen LogP contribution in [0.5, 0.6) is 0 Å². The van der Waals surface area contributed by atoms with E-state index in [0.717, 1.165) is 5.56 Å². The molecule has 1 aliphatic heterocycles. The first-order valence-corrected chi connectivity index (χ1v) is 7.61. The van der Waals surface area contributed by atoms with E-state index in [1.165, 1.54) is 4.90 Å². The molecule has 2 rings (SSSR count). The van der Waals surface area contributed by atoms with Gasteiger partial charge in [-0.2, -0.15) is 0 Å². The predicted octanol–water partition coefficient (Wildman–Crippen LogP) is 1.85. The number of rotatable bonds is 6. The molecule has 1 unspecified atom stereocenters. The van der Waals surface area contributed by atoms with Gasteiger partial charge in [0.05, 0.1) is 11.1 Å². The van der Waals surface area contributed by atoms with Gasteiger partial charge in [-0.25, -0.2) is 0 Å². The third-order valence-corrected chi connectivity index (χ3v) is 4.06. The Labute approximate surface area is 134 Å². The van der Waals surface area contributed by atoms with Gasteiger partial charge in [-0.3, -0.25) is 29.4 Å². The predicted molar refractivity (Wildman–Crippen MR) is 83.9 cm³/mol. The zero-order valence-electron chi connectivity index (χ0n) is 13.5. The number of fused-ring (bicyclic) bond motifs is 1. The molecule has 4 amide bonds. The number of hydrogen-bond donors (Lipinski definition) is 1. The van der Waals surface area contributed by atoms with E-state index >= 15 is 0 Å². The van der Waals surface area contributed by atoms with Crippen molar-refractivity contribution in [3.63, 3.8) is 0 Å². The van der Waals surface area contributed by atoms with Crippen LogP contribution in [-0.4, -0.2) is 35.1 Å². The van der Waals surface area contributed by atoms with Crippen LogP contribution in [0.3, 0.4) is 0 Å². The van der Waals surface area contributed by atoms with Crippen molar-refractivity contribution in [3.05, 3.63) is 34.9 Å². The Balaban J connectivity index is 2.16. The van der Waals surface area contributed by atoms with E-state index in [4.69, 9.17) is 0 Å². The Bertz CT molecular complexity index is 667. The second-order valence-corrected chi connectivity index (χ2v) is 6.01. The molecule has 1 aromatic carbocycles. The van der Waals surface area contributed by atoms with Gasteiger partial charge in [0.1, 0.15) is 0 Å². The maximum absolute atomic E-state index is 12.5. The molecule has 0 aromatic heterocycles. The molecule has 0 fully saturated rings. The molecule has 6 nitrogen and oxygen atoms in total. The smallest absolute Gasteiger partial charge is 0.261 e. The van der Waals surface area contributed by atoms with Crippen molar-refractivity contribution in [2.75, 3.05) is 0 Å². The summed E-state index contributed by atoms with van der Waals surface area (Å²) in [5.41, 5.74) is 1.83. The number of hydrogen-bond acceptors (Lipinski definition) is 4. The summed E-state index contributed by atoms with van der Waals surface area (Å²) in [6.07, 6.45) is 0.704. The highest BCUT2D eigenvalue weighted by molar-refractivity contribution is 6.21. The van der Waals surface area contributed by atoms with Gasteiger partial charge in [-0.05, 0) is 37.0 Å². The van der Waals surface area contributed by atoms with Crippen LogP contribution in [0.4, 0.5) is 0 Å². The van der Waals surface area contributed by atoms with E-state index in [1.807, 2.05) is 25.2 Å². The third-order valence-electron chi connectivity index (χ3n) is 4.06. The first-order chi connectivity index (χ1) is 10.9. The Hall–Kier alpha value is -2.50. The second-order valence-electron chi connectivity index (χ2n) is 6.01. The van der Waals surface area contributed by atoms with Crippen molar-refractivity contribution in [1.82, 2.24) is 10.2 Å². The summed E-state index contributed by atoms with van der Waals surface area (Å²) < 4.78 is 0. The fourth-order valence-electron chi connectivity index (χ4n) is 2.64. The minimum absolute atomic E-state index is 0.0740. The standard InChI is InChI=1S/C17H20N2O4/c1-10(2)12-5-6-13-14(8-12)17(23)19(16(13)22)11(3)4-7-15(21)18-9-20/h5-6,8-11H,4,7H2,1-3H3,(H,18,20,21). The molecule has 1 N–H and O–H groups in total. The van der Waals surface area contributed by atoms with Gasteiger partial charge in [0.25, 0.3) is 11.8 Å². The van der Waals surface area contributed by atoms with Gasteiger partial charge in [0.2, 0.25) is 12.3 Å². The van der Waals surface area contributed by atoms with Crippen molar-refractivity contribution in [2.45, 2.75) is 45.6 Å². The third kappa shape index (κ3) is 3.31. The lowest BCUT2D eigenvalue weighted by molar-refractivity contribution is -0.125. The molecule has 1 atom stereocenters. The Kier molecular flexibility index (Phi) is 4.93. The van der Waals surface area contributed by atoms with E-state index < -0.39 is 11.9 Å². The number of carbonyl (C=O) groups is 4. The van der Waals surface area contributed by atoms with Gasteiger partial charge in [-0.1, -0.05) is 19.9 Å². The maximum Gasteiger partial charge on any atom is 0.261 e. The molecule has 0 radical (unpaired) electrons. The van der Waals surface area contributed by atoms with Gasteiger partial charge in [0, 0.05) is 12.5 Å². The number of imide groups is 2. The Morgan fingerprint density at radius 2 is 1.83 bits per heavy atom. The second kappa shape index (κ2) is 6.73. The minimum Gasteiger partial charge on any atom is -0.299 e. The molecular weight excluding hydrogens is 296 g/mol. The van der Waals surface area contributed by atoms with Crippen LogP contribution in [0.25, 0.3) is 0 Å². The molecule has 23 heavy (non-hydrogen) atoms. The average Bonchev–Trinajstić information content (AvgIpc) is 2.76. The highest BCUT2D eigenvalue weighted by atomic mass is 16.2. The van der Waals surface area contributed by atoms with Gasteiger partial charge >= 0.3 is 0 Å². The van der Waals surface area contributed by atoms with Crippen molar-refractivity contribution in [1.29, 1.82) is 0 Å². The largest absolute Gasteiger partial charge is 0.299 e. The molecule has 0 aliphatic carbocycles. The molecule has 1 aliphatic rings. The van der Waals surface area contributed by atoms with Crippen molar-refractivity contribution < 1.29 is 19.2 Å². The molecule has 0 saturated carbocycles. The number of nitrogens with one attached hydrogen (secondary N) is 1. The molecular formula is C17H20N2O4. The van der Waals surface area contributed by atoms with E-state index in [0.29, 0.717) is 24.0 Å². The number of benzene rings is 1. The first kappa shape index (κ1) is 16.9. The number of nitrogens with zero attached hydrogens (tertiary/aromatic N) is 1. The van der Waals surface area contributed by atoms with Gasteiger partial charge < -0.3 is 0 Å². The van der Waals surface area contributed by atoms with Crippen LogP contribution < -0.4 is 5.32 Å². The highest BCUT2D eigenvalue weighted by Crippen LogP contribution is 2.28. The lowest BCUT2D eigenvalue weighted by atomic mass is 9.98. The Morgan fingerprint density at radius 1 is 1.17 bits per heavy atom. The lowest BCUT2D eigenvalue weighted by Crippen LogP contribution is -2.38. The van der Waals surface area contributed by atoms with Crippen molar-refractivity contribution in [2.24, 2.45) is 0 Å². The topological polar surface area (TPSA) is 83.6 Å². The molecule has 0 saturated heterocycles. The number of amides is 4. The Morgan fingerprint density at radius 3 is 2.43 bits per heavy atom. The van der Waals surface area contributed by atoms with E-state index in [2.05, 4.69) is 0 Å². The lowest BCUT2D eigenvalue weighted by Gasteiger charge is -2.22. The van der Waals surface area contributed by atoms with Crippen LogP contribution in [0.15, 0.2) is 18.2 Å². The molecule has 1 aromatic rings.